The highest BCUT2D eigenvalue weighted by molar-refractivity contribution is 5.79. The molecule has 1 fully saturated rings. The Morgan fingerprint density at radius 3 is 2.42 bits per heavy atom. The normalized spacial score (nSPS) is 19.2. The number of piperidine rings is 1. The van der Waals surface area contributed by atoms with Crippen molar-refractivity contribution in [2.75, 3.05) is 25.0 Å². The smallest absolute Gasteiger partial charge is 0.410 e. The number of carbonyl (C=O) groups is 1. The van der Waals surface area contributed by atoms with Crippen LogP contribution in [-0.2, 0) is 14.9 Å². The van der Waals surface area contributed by atoms with E-state index in [-0.39, 0.29) is 11.5 Å². The van der Waals surface area contributed by atoms with Gasteiger partial charge in [-0.15, -0.1) is 0 Å². The number of fused-ring (bicyclic) bond motifs is 2. The molecule has 0 aliphatic carbocycles. The SMILES string of the molecule is CN1C(=C=O)C2(CCN(C(=O)OC(C)(C)C)CC2)c2ccccc21. The molecule has 1 aromatic carbocycles. The van der Waals surface area contributed by atoms with Crippen molar-refractivity contribution in [2.45, 2.75) is 44.6 Å². The third kappa shape index (κ3) is 2.59. The van der Waals surface area contributed by atoms with E-state index in [0.717, 1.165) is 11.3 Å². The van der Waals surface area contributed by atoms with Crippen LogP contribution >= 0.6 is 0 Å². The monoisotopic (exact) mass is 328 g/mol. The molecule has 0 atom stereocenters. The number of rotatable bonds is 0. The topological polar surface area (TPSA) is 49.9 Å². The van der Waals surface area contributed by atoms with E-state index in [1.807, 2.05) is 50.9 Å². The van der Waals surface area contributed by atoms with Crippen molar-refractivity contribution in [3.05, 3.63) is 35.5 Å². The van der Waals surface area contributed by atoms with Gasteiger partial charge in [0.05, 0.1) is 5.41 Å². The van der Waals surface area contributed by atoms with Crippen molar-refractivity contribution in [1.82, 2.24) is 4.90 Å². The van der Waals surface area contributed by atoms with Crippen LogP contribution in [0.1, 0.15) is 39.2 Å². The molecule has 5 heteroatoms. The van der Waals surface area contributed by atoms with E-state index in [9.17, 15) is 9.59 Å². The van der Waals surface area contributed by atoms with Crippen molar-refractivity contribution >= 4 is 17.7 Å². The van der Waals surface area contributed by atoms with Crippen LogP contribution in [-0.4, -0.2) is 42.7 Å². The molecule has 1 amide bonds. The number of likely N-dealkylation sites (tertiary alicyclic amines) is 1. The molecule has 2 aliphatic rings. The first-order valence-corrected chi connectivity index (χ1v) is 8.35. The van der Waals surface area contributed by atoms with E-state index in [1.165, 1.54) is 0 Å². The molecule has 2 heterocycles. The summed E-state index contributed by atoms with van der Waals surface area (Å²) in [5.41, 5.74) is 2.05. The van der Waals surface area contributed by atoms with Gasteiger partial charge in [-0.05, 0) is 45.2 Å². The summed E-state index contributed by atoms with van der Waals surface area (Å²) < 4.78 is 5.46. The van der Waals surface area contributed by atoms with E-state index in [4.69, 9.17) is 4.74 Å². The number of para-hydroxylation sites is 1. The Hall–Kier alpha value is -2.26. The van der Waals surface area contributed by atoms with Gasteiger partial charge in [0.25, 0.3) is 0 Å². The zero-order valence-electron chi connectivity index (χ0n) is 14.8. The lowest BCUT2D eigenvalue weighted by Crippen LogP contribution is -2.47. The highest BCUT2D eigenvalue weighted by Gasteiger charge is 2.49. The highest BCUT2D eigenvalue weighted by atomic mass is 16.6. The maximum Gasteiger partial charge on any atom is 0.410 e. The number of anilines is 1. The second-order valence-electron chi connectivity index (χ2n) is 7.58. The summed E-state index contributed by atoms with van der Waals surface area (Å²) in [6, 6.07) is 8.09. The average Bonchev–Trinajstić information content (AvgIpc) is 2.75. The first-order valence-electron chi connectivity index (χ1n) is 8.35. The minimum Gasteiger partial charge on any atom is -0.444 e. The number of amides is 1. The molecule has 0 saturated carbocycles. The molecule has 3 rings (SSSR count). The fourth-order valence-electron chi connectivity index (χ4n) is 3.81. The summed E-state index contributed by atoms with van der Waals surface area (Å²) in [5, 5.41) is 0. The lowest BCUT2D eigenvalue weighted by atomic mass is 9.72. The van der Waals surface area contributed by atoms with Crippen molar-refractivity contribution in [3.8, 4) is 0 Å². The van der Waals surface area contributed by atoms with Gasteiger partial charge in [-0.2, -0.15) is 0 Å². The van der Waals surface area contributed by atoms with Crippen LogP contribution in [0.5, 0.6) is 0 Å². The predicted octanol–water partition coefficient (Wildman–Crippen LogP) is 3.12. The standard InChI is InChI=1S/C19H24N2O3/c1-18(2,3)24-17(23)21-11-9-19(10-12-21)14-7-5-6-8-15(14)20(4)16(19)13-22/h5-8H,9-12H2,1-4H3. The van der Waals surface area contributed by atoms with E-state index >= 15 is 0 Å². The molecule has 1 spiro atoms. The van der Waals surface area contributed by atoms with Crippen LogP contribution in [0.4, 0.5) is 10.5 Å². The predicted molar refractivity (Wildman–Crippen MR) is 92.8 cm³/mol. The number of likely N-dealkylation sites (N-methyl/N-ethyl adjacent to an activating group) is 1. The Morgan fingerprint density at radius 2 is 1.83 bits per heavy atom. The zero-order chi connectivity index (χ0) is 17.5. The van der Waals surface area contributed by atoms with E-state index in [0.29, 0.717) is 31.6 Å². The van der Waals surface area contributed by atoms with Crippen molar-refractivity contribution in [1.29, 1.82) is 0 Å². The summed E-state index contributed by atoms with van der Waals surface area (Å²) in [7, 11) is 1.91. The van der Waals surface area contributed by atoms with Crippen LogP contribution in [0.25, 0.3) is 0 Å². The lowest BCUT2D eigenvalue weighted by molar-refractivity contribution is 0.0181. The number of hydrogen-bond donors (Lipinski definition) is 0. The third-order valence-electron chi connectivity index (χ3n) is 4.94. The molecular formula is C19H24N2O3. The molecule has 0 N–H and O–H groups in total. The number of nitrogens with zero attached hydrogens (tertiary/aromatic N) is 2. The van der Waals surface area contributed by atoms with Gasteiger partial charge in [-0.1, -0.05) is 18.2 Å². The van der Waals surface area contributed by atoms with Gasteiger partial charge in [-0.3, -0.25) is 0 Å². The number of ether oxygens (including phenoxy) is 1. The first kappa shape index (κ1) is 16.6. The lowest BCUT2D eigenvalue weighted by Gasteiger charge is -2.40. The maximum atomic E-state index is 12.3. The van der Waals surface area contributed by atoms with Crippen molar-refractivity contribution in [3.63, 3.8) is 0 Å². The van der Waals surface area contributed by atoms with Crippen LogP contribution in [0.2, 0.25) is 0 Å². The average molecular weight is 328 g/mol. The molecule has 0 bridgehead atoms. The van der Waals surface area contributed by atoms with E-state index < -0.39 is 5.60 Å². The summed E-state index contributed by atoms with van der Waals surface area (Å²) in [6.45, 7) is 6.74. The zero-order valence-corrected chi connectivity index (χ0v) is 14.8. The minimum atomic E-state index is -0.500. The fraction of sp³-hybridized carbons (Fsp3) is 0.526. The molecule has 2 aliphatic heterocycles. The van der Waals surface area contributed by atoms with Crippen LogP contribution in [0, 0.1) is 0 Å². The van der Waals surface area contributed by atoms with Gasteiger partial charge < -0.3 is 14.5 Å². The quantitative estimate of drug-likeness (QED) is 0.687. The molecule has 1 aromatic rings. The summed E-state index contributed by atoms with van der Waals surface area (Å²) in [6.07, 6.45) is 1.13. The Labute approximate surface area is 142 Å². The summed E-state index contributed by atoms with van der Waals surface area (Å²) >= 11 is 0. The third-order valence-corrected chi connectivity index (χ3v) is 4.94. The molecule has 1 saturated heterocycles. The van der Waals surface area contributed by atoms with Gasteiger partial charge in [0.15, 0.2) is 0 Å². The molecular weight excluding hydrogens is 304 g/mol. The minimum absolute atomic E-state index is 0.284. The Morgan fingerprint density at radius 1 is 1.21 bits per heavy atom. The van der Waals surface area contributed by atoms with Crippen LogP contribution in [0.15, 0.2) is 30.0 Å². The maximum absolute atomic E-state index is 12.3. The first-order chi connectivity index (χ1) is 11.3. The van der Waals surface area contributed by atoms with E-state index in [1.54, 1.807) is 4.90 Å². The molecule has 24 heavy (non-hydrogen) atoms. The Kier molecular flexibility index (Phi) is 3.92. The molecule has 0 aromatic heterocycles. The number of benzene rings is 1. The number of allylic oxidation sites excluding steroid dienone is 1. The molecule has 5 nitrogen and oxygen atoms in total. The highest BCUT2D eigenvalue weighted by Crippen LogP contribution is 2.51. The largest absolute Gasteiger partial charge is 0.444 e. The van der Waals surface area contributed by atoms with Crippen LogP contribution in [0.3, 0.4) is 0 Å². The summed E-state index contributed by atoms with van der Waals surface area (Å²) in [4.78, 5) is 27.6. The van der Waals surface area contributed by atoms with Gasteiger partial charge in [0.1, 0.15) is 17.2 Å². The van der Waals surface area contributed by atoms with Gasteiger partial charge in [0, 0.05) is 25.8 Å². The van der Waals surface area contributed by atoms with Gasteiger partial charge in [0.2, 0.25) is 0 Å². The van der Waals surface area contributed by atoms with Crippen molar-refractivity contribution < 1.29 is 14.3 Å². The van der Waals surface area contributed by atoms with Crippen molar-refractivity contribution in [2.24, 2.45) is 0 Å². The molecule has 0 radical (unpaired) electrons. The summed E-state index contributed by atoms with van der Waals surface area (Å²) in [5.74, 6) is 2.16. The van der Waals surface area contributed by atoms with Gasteiger partial charge in [-0.25, -0.2) is 9.59 Å². The second kappa shape index (κ2) is 5.67. The Bertz CT molecular complexity index is 706. The van der Waals surface area contributed by atoms with E-state index in [2.05, 4.69) is 12.0 Å². The second-order valence-corrected chi connectivity index (χ2v) is 7.58. The fourth-order valence-corrected chi connectivity index (χ4v) is 3.81. The van der Waals surface area contributed by atoms with Crippen LogP contribution < -0.4 is 4.90 Å². The van der Waals surface area contributed by atoms with Gasteiger partial charge >= 0.3 is 6.09 Å². The number of carbonyl (C=O) groups excluding carboxylic acids is 2. The molecule has 0 unspecified atom stereocenters. The molecule has 128 valence electrons. The number of hydrogen-bond acceptors (Lipinski definition) is 4. The Balaban J connectivity index is 1.85.